The van der Waals surface area contributed by atoms with Crippen LogP contribution in [0.15, 0.2) is 30.3 Å². The van der Waals surface area contributed by atoms with Crippen molar-refractivity contribution in [1.82, 2.24) is 0 Å². The fourth-order valence-corrected chi connectivity index (χ4v) is 2.07. The third-order valence-electron chi connectivity index (χ3n) is 3.00. The van der Waals surface area contributed by atoms with E-state index in [0.717, 1.165) is 22.5 Å². The first kappa shape index (κ1) is 13.3. The molecule has 3 N–H and O–H groups in total. The number of nitriles is 1. The van der Waals surface area contributed by atoms with Crippen LogP contribution in [0.5, 0.6) is 0 Å². The van der Waals surface area contributed by atoms with E-state index in [1.165, 1.54) is 0 Å². The van der Waals surface area contributed by atoms with Crippen LogP contribution in [0, 0.1) is 25.2 Å². The molecule has 0 amide bonds. The summed E-state index contributed by atoms with van der Waals surface area (Å²) < 4.78 is 0. The summed E-state index contributed by atoms with van der Waals surface area (Å²) in [5, 5.41) is 12.9. The van der Waals surface area contributed by atoms with Crippen LogP contribution in [0.1, 0.15) is 16.7 Å². The van der Waals surface area contributed by atoms with Gasteiger partial charge in [-0.15, -0.1) is 0 Å². The maximum Gasteiger partial charge on any atom is 0.102 e. The molecule has 19 heavy (non-hydrogen) atoms. The van der Waals surface area contributed by atoms with Gasteiger partial charge in [0.25, 0.3) is 0 Å². The van der Waals surface area contributed by atoms with E-state index in [-0.39, 0.29) is 0 Å². The molecular formula is C15H14ClN3. The number of aryl methyl sites for hydroxylation is 2. The number of nitrogens with one attached hydrogen (secondary N) is 1. The van der Waals surface area contributed by atoms with Gasteiger partial charge < -0.3 is 11.1 Å². The van der Waals surface area contributed by atoms with Crippen molar-refractivity contribution in [2.75, 3.05) is 11.1 Å². The first-order valence-corrected chi connectivity index (χ1v) is 6.23. The predicted octanol–water partition coefficient (Wildman–Crippen LogP) is 4.15. The second kappa shape index (κ2) is 5.21. The van der Waals surface area contributed by atoms with E-state index in [1.807, 2.05) is 38.1 Å². The van der Waals surface area contributed by atoms with Gasteiger partial charge in [0.05, 0.1) is 22.0 Å². The van der Waals surface area contributed by atoms with Gasteiger partial charge >= 0.3 is 0 Å². The second-order valence-corrected chi connectivity index (χ2v) is 4.83. The molecule has 0 unspecified atom stereocenters. The summed E-state index contributed by atoms with van der Waals surface area (Å²) in [6, 6.07) is 11.5. The minimum absolute atomic E-state index is 0.499. The Morgan fingerprint density at radius 3 is 2.58 bits per heavy atom. The van der Waals surface area contributed by atoms with Crippen molar-refractivity contribution >= 4 is 28.7 Å². The van der Waals surface area contributed by atoms with Gasteiger partial charge in [-0.25, -0.2) is 0 Å². The molecule has 0 fully saturated rings. The van der Waals surface area contributed by atoms with Crippen LogP contribution in [-0.4, -0.2) is 0 Å². The van der Waals surface area contributed by atoms with Crippen LogP contribution in [0.2, 0.25) is 5.02 Å². The summed E-state index contributed by atoms with van der Waals surface area (Å²) >= 11 is 6.03. The molecule has 4 heteroatoms. The summed E-state index contributed by atoms with van der Waals surface area (Å²) in [6.07, 6.45) is 0. The minimum Gasteiger partial charge on any atom is -0.398 e. The number of halogens is 1. The zero-order chi connectivity index (χ0) is 14.0. The zero-order valence-electron chi connectivity index (χ0n) is 10.8. The van der Waals surface area contributed by atoms with Crippen LogP contribution in [0.4, 0.5) is 17.1 Å². The molecule has 3 nitrogen and oxygen atoms in total. The molecule has 2 rings (SSSR count). The Hall–Kier alpha value is -2.18. The average molecular weight is 272 g/mol. The average Bonchev–Trinajstić information content (AvgIpc) is 2.36. The third kappa shape index (κ3) is 2.64. The predicted molar refractivity (Wildman–Crippen MR) is 79.8 cm³/mol. The summed E-state index contributed by atoms with van der Waals surface area (Å²) in [6.45, 7) is 3.85. The maximum atomic E-state index is 9.21. The van der Waals surface area contributed by atoms with Crippen molar-refractivity contribution in [1.29, 1.82) is 5.26 Å². The van der Waals surface area contributed by atoms with Gasteiger partial charge in [-0.1, -0.05) is 23.7 Å². The van der Waals surface area contributed by atoms with E-state index in [2.05, 4.69) is 11.4 Å². The van der Waals surface area contributed by atoms with Crippen molar-refractivity contribution in [3.05, 3.63) is 52.0 Å². The van der Waals surface area contributed by atoms with Crippen molar-refractivity contribution < 1.29 is 0 Å². The maximum absolute atomic E-state index is 9.21. The SMILES string of the molecule is Cc1cc(N)c(Cl)cc1Nc1cccc(C)c1C#N. The highest BCUT2D eigenvalue weighted by atomic mass is 35.5. The van der Waals surface area contributed by atoms with Gasteiger partial charge in [0.1, 0.15) is 6.07 Å². The van der Waals surface area contributed by atoms with Gasteiger partial charge in [0.2, 0.25) is 0 Å². The van der Waals surface area contributed by atoms with Crippen LogP contribution < -0.4 is 11.1 Å². The molecule has 0 atom stereocenters. The number of hydrogen-bond donors (Lipinski definition) is 2. The third-order valence-corrected chi connectivity index (χ3v) is 3.32. The number of hydrogen-bond acceptors (Lipinski definition) is 3. The lowest BCUT2D eigenvalue weighted by molar-refractivity contribution is 1.37. The second-order valence-electron chi connectivity index (χ2n) is 4.42. The quantitative estimate of drug-likeness (QED) is 0.807. The van der Waals surface area contributed by atoms with Crippen molar-refractivity contribution in [3.8, 4) is 6.07 Å². The van der Waals surface area contributed by atoms with E-state index < -0.39 is 0 Å². The summed E-state index contributed by atoms with van der Waals surface area (Å²) in [4.78, 5) is 0. The zero-order valence-corrected chi connectivity index (χ0v) is 11.5. The van der Waals surface area contributed by atoms with E-state index in [0.29, 0.717) is 16.3 Å². The molecule has 0 heterocycles. The smallest absolute Gasteiger partial charge is 0.102 e. The largest absolute Gasteiger partial charge is 0.398 e. The van der Waals surface area contributed by atoms with Gasteiger partial charge in [-0.05, 0) is 43.2 Å². The van der Waals surface area contributed by atoms with E-state index in [9.17, 15) is 5.26 Å². The fourth-order valence-electron chi connectivity index (χ4n) is 1.90. The number of benzene rings is 2. The number of rotatable bonds is 2. The van der Waals surface area contributed by atoms with Gasteiger partial charge in [-0.3, -0.25) is 0 Å². The fraction of sp³-hybridized carbons (Fsp3) is 0.133. The van der Waals surface area contributed by atoms with E-state index in [1.54, 1.807) is 6.07 Å². The molecular weight excluding hydrogens is 258 g/mol. The lowest BCUT2D eigenvalue weighted by Crippen LogP contribution is -1.98. The van der Waals surface area contributed by atoms with E-state index in [4.69, 9.17) is 17.3 Å². The van der Waals surface area contributed by atoms with Gasteiger partial charge in [0.15, 0.2) is 0 Å². The number of anilines is 3. The molecule has 0 aliphatic rings. The topological polar surface area (TPSA) is 61.8 Å². The van der Waals surface area contributed by atoms with Crippen LogP contribution in [0.3, 0.4) is 0 Å². The lowest BCUT2D eigenvalue weighted by Gasteiger charge is -2.13. The summed E-state index contributed by atoms with van der Waals surface area (Å²) in [5.41, 5.74) is 10.5. The molecule has 0 aromatic heterocycles. The first-order valence-electron chi connectivity index (χ1n) is 5.85. The molecule has 0 aliphatic heterocycles. The number of nitrogens with zero attached hydrogens (tertiary/aromatic N) is 1. The highest BCUT2D eigenvalue weighted by Gasteiger charge is 2.08. The highest BCUT2D eigenvalue weighted by molar-refractivity contribution is 6.33. The van der Waals surface area contributed by atoms with Crippen LogP contribution in [0.25, 0.3) is 0 Å². The Kier molecular flexibility index (Phi) is 3.64. The summed E-state index contributed by atoms with van der Waals surface area (Å²) in [7, 11) is 0. The van der Waals surface area contributed by atoms with Crippen LogP contribution >= 0.6 is 11.6 Å². The molecule has 2 aromatic rings. The Bertz CT molecular complexity index is 672. The van der Waals surface area contributed by atoms with Crippen molar-refractivity contribution in [2.45, 2.75) is 13.8 Å². The van der Waals surface area contributed by atoms with Gasteiger partial charge in [-0.2, -0.15) is 5.26 Å². The Balaban J connectivity index is 2.45. The van der Waals surface area contributed by atoms with Gasteiger partial charge in [0, 0.05) is 5.69 Å². The van der Waals surface area contributed by atoms with Crippen LogP contribution in [-0.2, 0) is 0 Å². The van der Waals surface area contributed by atoms with Crippen molar-refractivity contribution in [2.24, 2.45) is 0 Å². The molecule has 0 saturated heterocycles. The number of nitrogens with two attached hydrogens (primary N) is 1. The summed E-state index contributed by atoms with van der Waals surface area (Å²) in [5.74, 6) is 0. The molecule has 0 radical (unpaired) electrons. The molecule has 0 saturated carbocycles. The lowest BCUT2D eigenvalue weighted by atomic mass is 10.1. The van der Waals surface area contributed by atoms with Crippen molar-refractivity contribution in [3.63, 3.8) is 0 Å². The Labute approximate surface area is 117 Å². The minimum atomic E-state index is 0.499. The van der Waals surface area contributed by atoms with E-state index >= 15 is 0 Å². The highest BCUT2D eigenvalue weighted by Crippen LogP contribution is 2.30. The Morgan fingerprint density at radius 1 is 1.16 bits per heavy atom. The number of nitrogen functional groups attached to an aromatic ring is 1. The molecule has 2 aromatic carbocycles. The Morgan fingerprint density at radius 2 is 1.89 bits per heavy atom. The first-order chi connectivity index (χ1) is 9.02. The normalized spacial score (nSPS) is 10.0. The molecule has 0 spiro atoms. The molecule has 0 aliphatic carbocycles. The monoisotopic (exact) mass is 271 g/mol. The molecule has 0 bridgehead atoms. The standard InChI is InChI=1S/C15H14ClN3/c1-9-4-3-5-14(11(9)8-17)19-15-7-12(16)13(18)6-10(15)2/h3-7,19H,18H2,1-2H3. The molecule has 96 valence electrons.